The Bertz CT molecular complexity index is 471. The SMILES string of the molecule is CC[C@H](C)C[C@@H](C)C[C@H](C)C=C(C)C1=C(C)C(=O)[C@](C)(O)O1. The number of ketones is 1. The van der Waals surface area contributed by atoms with Crippen LogP contribution in [0.4, 0.5) is 0 Å². The van der Waals surface area contributed by atoms with Gasteiger partial charge in [0.05, 0.1) is 0 Å². The zero-order valence-corrected chi connectivity index (χ0v) is 15.2. The van der Waals surface area contributed by atoms with Crippen LogP contribution in [0.1, 0.15) is 67.7 Å². The van der Waals surface area contributed by atoms with Gasteiger partial charge in [-0.2, -0.15) is 0 Å². The molecule has 3 heteroatoms. The minimum Gasteiger partial charge on any atom is -0.454 e. The van der Waals surface area contributed by atoms with E-state index in [2.05, 4.69) is 33.8 Å². The summed E-state index contributed by atoms with van der Waals surface area (Å²) in [6.07, 6.45) is 5.75. The first kappa shape index (κ1) is 19.0. The third kappa shape index (κ3) is 4.70. The molecule has 0 saturated carbocycles. The molecule has 22 heavy (non-hydrogen) atoms. The number of hydrogen-bond donors (Lipinski definition) is 1. The highest BCUT2D eigenvalue weighted by Gasteiger charge is 2.42. The van der Waals surface area contributed by atoms with E-state index in [-0.39, 0.29) is 5.78 Å². The third-order valence-electron chi connectivity index (χ3n) is 4.57. The van der Waals surface area contributed by atoms with Gasteiger partial charge in [-0.15, -0.1) is 0 Å². The minimum absolute atomic E-state index is 0.340. The van der Waals surface area contributed by atoms with E-state index < -0.39 is 5.79 Å². The van der Waals surface area contributed by atoms with Crippen molar-refractivity contribution in [3.05, 3.63) is 23.0 Å². The molecule has 1 N–H and O–H groups in total. The number of hydrogen-bond acceptors (Lipinski definition) is 3. The van der Waals surface area contributed by atoms with Gasteiger partial charge in [-0.3, -0.25) is 4.79 Å². The van der Waals surface area contributed by atoms with Crippen LogP contribution in [0.2, 0.25) is 0 Å². The van der Waals surface area contributed by atoms with Crippen molar-refractivity contribution in [1.82, 2.24) is 0 Å². The molecule has 0 radical (unpaired) electrons. The van der Waals surface area contributed by atoms with E-state index in [1.807, 2.05) is 6.92 Å². The molecule has 0 saturated heterocycles. The zero-order chi connectivity index (χ0) is 17.1. The highest BCUT2D eigenvalue weighted by atomic mass is 16.6. The van der Waals surface area contributed by atoms with Crippen molar-refractivity contribution in [2.75, 3.05) is 0 Å². The van der Waals surface area contributed by atoms with Crippen LogP contribution in [0, 0.1) is 17.8 Å². The first-order valence-corrected chi connectivity index (χ1v) is 8.44. The van der Waals surface area contributed by atoms with Gasteiger partial charge in [-0.25, -0.2) is 0 Å². The monoisotopic (exact) mass is 308 g/mol. The number of carbonyl (C=O) groups excluding carboxylic acids is 1. The highest BCUT2D eigenvalue weighted by molar-refractivity contribution is 6.03. The smallest absolute Gasteiger partial charge is 0.269 e. The predicted molar refractivity (Wildman–Crippen MR) is 90.2 cm³/mol. The summed E-state index contributed by atoms with van der Waals surface area (Å²) < 4.78 is 5.44. The lowest BCUT2D eigenvalue weighted by Crippen LogP contribution is -2.32. The van der Waals surface area contributed by atoms with Crippen LogP contribution < -0.4 is 0 Å². The molecule has 0 aromatic carbocycles. The van der Waals surface area contributed by atoms with E-state index in [9.17, 15) is 9.90 Å². The number of ether oxygens (including phenoxy) is 1. The fourth-order valence-electron chi connectivity index (χ4n) is 3.30. The highest BCUT2D eigenvalue weighted by Crippen LogP contribution is 2.33. The van der Waals surface area contributed by atoms with Gasteiger partial charge < -0.3 is 9.84 Å². The van der Waals surface area contributed by atoms with Crippen LogP contribution in [0.15, 0.2) is 23.0 Å². The summed E-state index contributed by atoms with van der Waals surface area (Å²) in [7, 11) is 0. The Kier molecular flexibility index (Phi) is 6.42. The number of allylic oxidation sites excluding steroid dienone is 2. The molecule has 0 aromatic heterocycles. The Hall–Kier alpha value is -1.09. The maximum Gasteiger partial charge on any atom is 0.269 e. The van der Waals surface area contributed by atoms with E-state index in [0.29, 0.717) is 23.2 Å². The summed E-state index contributed by atoms with van der Waals surface area (Å²) >= 11 is 0. The summed E-state index contributed by atoms with van der Waals surface area (Å²) in [6.45, 7) is 14.1. The molecule has 0 bridgehead atoms. The van der Waals surface area contributed by atoms with Crippen molar-refractivity contribution in [3.8, 4) is 0 Å². The third-order valence-corrected chi connectivity index (χ3v) is 4.57. The van der Waals surface area contributed by atoms with Gasteiger partial charge in [0, 0.05) is 12.5 Å². The number of carbonyl (C=O) groups is 1. The van der Waals surface area contributed by atoms with E-state index >= 15 is 0 Å². The maximum atomic E-state index is 11.9. The first-order valence-electron chi connectivity index (χ1n) is 8.44. The van der Waals surface area contributed by atoms with Gasteiger partial charge in [0.2, 0.25) is 5.78 Å². The Morgan fingerprint density at radius 2 is 1.86 bits per heavy atom. The Morgan fingerprint density at radius 1 is 1.27 bits per heavy atom. The van der Waals surface area contributed by atoms with Crippen LogP contribution in [0.25, 0.3) is 0 Å². The molecular formula is C19H32O3. The van der Waals surface area contributed by atoms with Crippen LogP contribution in [0.5, 0.6) is 0 Å². The molecule has 0 amide bonds. The van der Waals surface area contributed by atoms with Gasteiger partial charge in [-0.1, -0.05) is 40.2 Å². The molecule has 4 atom stereocenters. The van der Waals surface area contributed by atoms with Crippen molar-refractivity contribution in [1.29, 1.82) is 0 Å². The van der Waals surface area contributed by atoms with Gasteiger partial charge in [-0.05, 0) is 50.0 Å². The van der Waals surface area contributed by atoms with Crippen LogP contribution >= 0.6 is 0 Å². The molecule has 1 rings (SSSR count). The van der Waals surface area contributed by atoms with E-state index in [1.54, 1.807) is 6.92 Å². The fraction of sp³-hybridized carbons (Fsp3) is 0.737. The summed E-state index contributed by atoms with van der Waals surface area (Å²) in [5.74, 6) is 0.358. The van der Waals surface area contributed by atoms with Gasteiger partial charge in [0.25, 0.3) is 5.79 Å². The molecule has 0 fully saturated rings. The summed E-state index contributed by atoms with van der Waals surface area (Å²) in [4.78, 5) is 11.9. The Morgan fingerprint density at radius 3 is 2.32 bits per heavy atom. The lowest BCUT2D eigenvalue weighted by Gasteiger charge is -2.20. The fourth-order valence-corrected chi connectivity index (χ4v) is 3.30. The molecule has 3 nitrogen and oxygen atoms in total. The average Bonchev–Trinajstić information content (AvgIpc) is 2.61. The van der Waals surface area contributed by atoms with Crippen molar-refractivity contribution in [2.45, 2.75) is 73.5 Å². The Labute approximate surface area is 135 Å². The normalized spacial score (nSPS) is 26.9. The maximum absolute atomic E-state index is 11.9. The second-order valence-corrected chi connectivity index (χ2v) is 7.29. The van der Waals surface area contributed by atoms with Crippen LogP contribution in [-0.4, -0.2) is 16.7 Å². The molecule has 0 aromatic rings. The summed E-state index contributed by atoms with van der Waals surface area (Å²) in [5, 5.41) is 9.92. The van der Waals surface area contributed by atoms with E-state index in [4.69, 9.17) is 4.74 Å². The number of Topliss-reactive ketones (excluding diaryl/α,β-unsaturated/α-hetero) is 1. The summed E-state index contributed by atoms with van der Waals surface area (Å²) in [6, 6.07) is 0. The predicted octanol–water partition coefficient (Wildman–Crippen LogP) is 4.61. The molecule has 126 valence electrons. The minimum atomic E-state index is -1.71. The topological polar surface area (TPSA) is 46.5 Å². The molecule has 1 aliphatic rings. The standard InChI is InChI=1S/C19H32O3/c1-8-12(2)9-13(3)10-14(4)11-15(5)17-16(6)18(20)19(7,21)22-17/h11-14,21H,8-10H2,1-7H3/t12-,13+,14-,19+/m0/s1. The van der Waals surface area contributed by atoms with Gasteiger partial charge in [0.15, 0.2) is 0 Å². The zero-order valence-electron chi connectivity index (χ0n) is 15.2. The van der Waals surface area contributed by atoms with Crippen molar-refractivity contribution in [3.63, 3.8) is 0 Å². The molecule has 0 aliphatic carbocycles. The number of aliphatic hydroxyl groups is 1. The largest absolute Gasteiger partial charge is 0.454 e. The lowest BCUT2D eigenvalue weighted by molar-refractivity contribution is -0.169. The second-order valence-electron chi connectivity index (χ2n) is 7.29. The second kappa shape index (κ2) is 7.45. The van der Waals surface area contributed by atoms with Crippen LogP contribution in [0.3, 0.4) is 0 Å². The van der Waals surface area contributed by atoms with Crippen molar-refractivity contribution in [2.24, 2.45) is 17.8 Å². The van der Waals surface area contributed by atoms with E-state index in [1.165, 1.54) is 19.8 Å². The molecule has 0 unspecified atom stereocenters. The summed E-state index contributed by atoms with van der Waals surface area (Å²) in [5.41, 5.74) is 1.45. The van der Waals surface area contributed by atoms with Gasteiger partial charge >= 0.3 is 0 Å². The number of rotatable bonds is 7. The van der Waals surface area contributed by atoms with Crippen LogP contribution in [-0.2, 0) is 9.53 Å². The van der Waals surface area contributed by atoms with Crippen molar-refractivity contribution < 1.29 is 14.6 Å². The average molecular weight is 308 g/mol. The van der Waals surface area contributed by atoms with Gasteiger partial charge in [0.1, 0.15) is 5.76 Å². The molecule has 0 spiro atoms. The Balaban J connectivity index is 2.71. The van der Waals surface area contributed by atoms with E-state index in [0.717, 1.165) is 17.9 Å². The quantitative estimate of drug-likeness (QED) is 0.747. The van der Waals surface area contributed by atoms with Crippen molar-refractivity contribution >= 4 is 5.78 Å². The molecular weight excluding hydrogens is 276 g/mol. The first-order chi connectivity index (χ1) is 10.1. The molecule has 1 heterocycles. The lowest BCUT2D eigenvalue weighted by atomic mass is 9.88. The molecule has 1 aliphatic heterocycles.